The van der Waals surface area contributed by atoms with Gasteiger partial charge >= 0.3 is 5.88 Å². The lowest BCUT2D eigenvalue weighted by atomic mass is 10.4. The molecule has 4 rings (SSSR count). The molecule has 0 bridgehead atoms. The van der Waals surface area contributed by atoms with Crippen molar-refractivity contribution in [1.29, 1.82) is 0 Å². The van der Waals surface area contributed by atoms with Crippen LogP contribution in [0.25, 0.3) is 6.08 Å². The van der Waals surface area contributed by atoms with Gasteiger partial charge in [-0.15, -0.1) is 0 Å². The maximum absolute atomic E-state index is 10.9. The molecule has 0 saturated heterocycles. The van der Waals surface area contributed by atoms with Crippen molar-refractivity contribution in [3.8, 4) is 0 Å². The van der Waals surface area contributed by atoms with Gasteiger partial charge in [0.1, 0.15) is 10.7 Å². The first kappa shape index (κ1) is 19.6. The highest BCUT2D eigenvalue weighted by atomic mass is 31.2. The lowest BCUT2D eigenvalue weighted by Crippen LogP contribution is -2.25. The molecule has 0 radical (unpaired) electrons. The molecule has 1 aromatic heterocycles. The minimum Gasteiger partial charge on any atom is -0.401 e. The monoisotopic (exact) mass is 414 g/mol. The summed E-state index contributed by atoms with van der Waals surface area (Å²) in [5.41, 5.74) is 0. The number of benzene rings is 3. The van der Waals surface area contributed by atoms with Gasteiger partial charge in [0.15, 0.2) is 0 Å². The summed E-state index contributed by atoms with van der Waals surface area (Å²) in [5, 5.41) is 14.2. The zero-order valence-electron chi connectivity index (χ0n) is 16.0. The highest BCUT2D eigenvalue weighted by Gasteiger charge is 2.26. The van der Waals surface area contributed by atoms with Gasteiger partial charge in [0.05, 0.1) is 13.1 Å². The SMILES string of the molecule is O=[N+]([O-])c1ccc(/C=C/N=P(c2ccccc2)(c2ccccc2)c2ccccc2)o1. The van der Waals surface area contributed by atoms with E-state index in [2.05, 4.69) is 36.4 Å². The number of hydrogen-bond acceptors (Lipinski definition) is 4. The van der Waals surface area contributed by atoms with E-state index < -0.39 is 12.0 Å². The molecule has 30 heavy (non-hydrogen) atoms. The number of furan rings is 1. The van der Waals surface area contributed by atoms with Crippen LogP contribution in [0.4, 0.5) is 5.88 Å². The Hall–Kier alpha value is -3.69. The van der Waals surface area contributed by atoms with Gasteiger partial charge in [-0.1, -0.05) is 91.0 Å². The van der Waals surface area contributed by atoms with Crippen molar-refractivity contribution in [3.05, 3.63) is 125 Å². The second-order valence-corrected chi connectivity index (χ2v) is 9.56. The average molecular weight is 414 g/mol. The Morgan fingerprint density at radius 3 is 1.60 bits per heavy atom. The predicted molar refractivity (Wildman–Crippen MR) is 122 cm³/mol. The molecule has 4 aromatic rings. The number of nitrogens with zero attached hydrogens (tertiary/aromatic N) is 2. The van der Waals surface area contributed by atoms with E-state index in [1.54, 1.807) is 18.3 Å². The summed E-state index contributed by atoms with van der Waals surface area (Å²) in [6, 6.07) is 33.6. The van der Waals surface area contributed by atoms with Gasteiger partial charge in [-0.3, -0.25) is 14.9 Å². The Balaban J connectivity index is 1.93. The van der Waals surface area contributed by atoms with Gasteiger partial charge in [0.2, 0.25) is 0 Å². The molecule has 0 N–H and O–H groups in total. The van der Waals surface area contributed by atoms with Gasteiger partial charge in [0, 0.05) is 22.1 Å². The fraction of sp³-hybridized carbons (Fsp3) is 0. The van der Waals surface area contributed by atoms with Gasteiger partial charge in [-0.25, -0.2) is 0 Å². The van der Waals surface area contributed by atoms with Crippen LogP contribution >= 0.6 is 7.05 Å². The summed E-state index contributed by atoms with van der Waals surface area (Å²) in [7, 11) is -2.34. The molecule has 0 atom stereocenters. The van der Waals surface area contributed by atoms with Crippen molar-refractivity contribution >= 4 is 34.9 Å². The normalized spacial score (nSPS) is 11.5. The Morgan fingerprint density at radius 1 is 0.733 bits per heavy atom. The van der Waals surface area contributed by atoms with E-state index in [9.17, 15) is 10.1 Å². The van der Waals surface area contributed by atoms with Crippen LogP contribution < -0.4 is 15.9 Å². The Bertz CT molecular complexity index is 1110. The molecule has 0 spiro atoms. The number of rotatable bonds is 6. The minimum absolute atomic E-state index is 0.287. The summed E-state index contributed by atoms with van der Waals surface area (Å²) in [6.07, 6.45) is 3.36. The standard InChI is InChI=1S/C24H19N2O3P/c27-26(28)24-17-16-20(29-24)18-19-25-30(21-10-4-1-5-11-21,22-12-6-2-7-13-22)23-14-8-3-9-15-23/h1-19H/b19-18+. The smallest absolute Gasteiger partial charge is 0.401 e. The van der Waals surface area contributed by atoms with E-state index in [4.69, 9.17) is 9.16 Å². The van der Waals surface area contributed by atoms with Crippen LogP contribution in [0.5, 0.6) is 0 Å². The van der Waals surface area contributed by atoms with E-state index in [1.807, 2.05) is 54.6 Å². The van der Waals surface area contributed by atoms with Crippen LogP contribution in [0, 0.1) is 10.1 Å². The van der Waals surface area contributed by atoms with Gasteiger partial charge in [-0.05, 0) is 12.1 Å². The van der Waals surface area contributed by atoms with Gasteiger partial charge < -0.3 is 4.42 Å². The van der Waals surface area contributed by atoms with Gasteiger partial charge in [-0.2, -0.15) is 0 Å². The van der Waals surface area contributed by atoms with Crippen LogP contribution in [-0.2, 0) is 0 Å². The van der Waals surface area contributed by atoms with E-state index in [0.29, 0.717) is 5.76 Å². The van der Waals surface area contributed by atoms with Crippen molar-refractivity contribution in [2.45, 2.75) is 0 Å². The first-order valence-electron chi connectivity index (χ1n) is 9.39. The average Bonchev–Trinajstić information content (AvgIpc) is 3.28. The summed E-state index contributed by atoms with van der Waals surface area (Å²) < 4.78 is 10.4. The second-order valence-electron chi connectivity index (χ2n) is 6.51. The lowest BCUT2D eigenvalue weighted by Gasteiger charge is -2.26. The third-order valence-electron chi connectivity index (χ3n) is 4.66. The van der Waals surface area contributed by atoms with Crippen LogP contribution in [0.15, 0.2) is 118 Å². The predicted octanol–water partition coefficient (Wildman–Crippen LogP) is 5.34. The van der Waals surface area contributed by atoms with Crippen molar-refractivity contribution in [1.82, 2.24) is 0 Å². The Kier molecular flexibility index (Phi) is 5.73. The van der Waals surface area contributed by atoms with Crippen LogP contribution in [0.3, 0.4) is 0 Å². The molecule has 0 aliphatic carbocycles. The van der Waals surface area contributed by atoms with E-state index >= 15 is 0 Å². The highest BCUT2D eigenvalue weighted by Crippen LogP contribution is 2.46. The minimum atomic E-state index is -2.34. The maximum Gasteiger partial charge on any atom is 0.433 e. The number of nitro groups is 1. The molecule has 5 nitrogen and oxygen atoms in total. The number of hydrogen-bond donors (Lipinski definition) is 0. The van der Waals surface area contributed by atoms with Crippen LogP contribution in [-0.4, -0.2) is 4.92 Å². The second kappa shape index (κ2) is 8.76. The molecule has 0 aliphatic rings. The summed E-state index contributed by atoms with van der Waals surface area (Å²) >= 11 is 0. The molecule has 0 aliphatic heterocycles. The summed E-state index contributed by atoms with van der Waals surface area (Å²) in [6.45, 7) is 0. The van der Waals surface area contributed by atoms with Crippen LogP contribution in [0.2, 0.25) is 0 Å². The van der Waals surface area contributed by atoms with E-state index in [1.165, 1.54) is 6.07 Å². The summed E-state index contributed by atoms with van der Waals surface area (Å²) in [4.78, 5) is 10.3. The van der Waals surface area contributed by atoms with E-state index in [0.717, 1.165) is 15.9 Å². The van der Waals surface area contributed by atoms with Crippen molar-refractivity contribution in [3.63, 3.8) is 0 Å². The van der Waals surface area contributed by atoms with E-state index in [-0.39, 0.29) is 5.88 Å². The molecule has 3 aromatic carbocycles. The fourth-order valence-corrected chi connectivity index (χ4v) is 6.69. The summed E-state index contributed by atoms with van der Waals surface area (Å²) in [5.74, 6) is 0.0997. The van der Waals surface area contributed by atoms with Crippen molar-refractivity contribution in [2.24, 2.45) is 4.74 Å². The topological polar surface area (TPSA) is 68.6 Å². The molecule has 148 valence electrons. The first-order chi connectivity index (χ1) is 14.7. The third kappa shape index (κ3) is 3.88. The fourth-order valence-electron chi connectivity index (χ4n) is 3.32. The lowest BCUT2D eigenvalue weighted by molar-refractivity contribution is -0.402. The molecular weight excluding hydrogens is 395 g/mol. The highest BCUT2D eigenvalue weighted by molar-refractivity contribution is 7.87. The molecule has 0 unspecified atom stereocenters. The molecule has 0 saturated carbocycles. The van der Waals surface area contributed by atoms with Crippen molar-refractivity contribution in [2.75, 3.05) is 0 Å². The Labute approximate surface area is 174 Å². The zero-order chi connectivity index (χ0) is 20.8. The molecule has 6 heteroatoms. The van der Waals surface area contributed by atoms with Gasteiger partial charge in [0.25, 0.3) is 0 Å². The quantitative estimate of drug-likeness (QED) is 0.243. The zero-order valence-corrected chi connectivity index (χ0v) is 16.9. The molecule has 0 fully saturated rings. The maximum atomic E-state index is 10.9. The molecular formula is C24H19N2O3P. The van der Waals surface area contributed by atoms with Crippen molar-refractivity contribution < 1.29 is 9.34 Å². The first-order valence-corrected chi connectivity index (χ1v) is 11.1. The molecule has 1 heterocycles. The van der Waals surface area contributed by atoms with Crippen LogP contribution in [0.1, 0.15) is 5.76 Å². The Morgan fingerprint density at radius 2 is 1.20 bits per heavy atom. The third-order valence-corrected chi connectivity index (χ3v) is 8.28. The largest absolute Gasteiger partial charge is 0.433 e. The molecule has 0 amide bonds.